The number of esters is 1. The van der Waals surface area contributed by atoms with Crippen molar-refractivity contribution >= 4 is 28.7 Å². The number of fused-ring (bicyclic) bond motifs is 1. The summed E-state index contributed by atoms with van der Waals surface area (Å²) in [6, 6.07) is 0. The molecule has 4 N–H and O–H groups in total. The lowest BCUT2D eigenvalue weighted by atomic mass is 10.2. The summed E-state index contributed by atoms with van der Waals surface area (Å²) in [7, 11) is 0. The second kappa shape index (κ2) is 7.20. The summed E-state index contributed by atoms with van der Waals surface area (Å²) in [5, 5.41) is 23.2. The number of carbonyl (C=O) groups is 2. The van der Waals surface area contributed by atoms with Gasteiger partial charge in [-0.1, -0.05) is 0 Å². The third kappa shape index (κ3) is 3.10. The van der Waals surface area contributed by atoms with Crippen molar-refractivity contribution in [2.45, 2.75) is 25.4 Å². The van der Waals surface area contributed by atoms with Crippen LogP contribution in [0.15, 0.2) is 18.7 Å². The molecule has 1 fully saturated rings. The number of hydrogen-bond donors (Lipinski definition) is 3. The minimum Gasteiger partial charge on any atom is -0.462 e. The molecule has 13 heteroatoms. The van der Waals surface area contributed by atoms with Crippen molar-refractivity contribution in [3.63, 3.8) is 0 Å². The molecule has 1 aliphatic rings. The van der Waals surface area contributed by atoms with Crippen molar-refractivity contribution in [1.29, 1.82) is 0 Å². The summed E-state index contributed by atoms with van der Waals surface area (Å²) < 4.78 is 12.9. The van der Waals surface area contributed by atoms with E-state index in [1.807, 2.05) is 0 Å². The molecule has 3 aromatic heterocycles. The van der Waals surface area contributed by atoms with Gasteiger partial charge in [-0.05, 0) is 6.92 Å². The van der Waals surface area contributed by atoms with Crippen LogP contribution in [0.3, 0.4) is 0 Å². The van der Waals surface area contributed by atoms with Gasteiger partial charge in [-0.15, -0.1) is 0 Å². The van der Waals surface area contributed by atoms with E-state index < -0.39 is 36.8 Å². The van der Waals surface area contributed by atoms with Crippen LogP contribution < -0.4 is 5.73 Å². The van der Waals surface area contributed by atoms with Gasteiger partial charge in [-0.2, -0.15) is 15.1 Å². The van der Waals surface area contributed by atoms with E-state index in [1.54, 1.807) is 6.92 Å². The number of aliphatic hydroxyl groups is 2. The molecule has 0 radical (unpaired) electrons. The number of hydrogen-bond acceptors (Lipinski definition) is 11. The number of aliphatic hydroxyl groups excluding tert-OH is 2. The van der Waals surface area contributed by atoms with Gasteiger partial charge in [-0.25, -0.2) is 14.5 Å². The van der Waals surface area contributed by atoms with Crippen molar-refractivity contribution < 1.29 is 29.3 Å². The van der Waals surface area contributed by atoms with E-state index in [1.165, 1.54) is 28.0 Å². The first-order valence-electron chi connectivity index (χ1n) is 8.65. The number of nitrogens with zero attached hydrogens (tertiary/aromatic N) is 6. The van der Waals surface area contributed by atoms with Crippen LogP contribution in [0.4, 0.5) is 5.82 Å². The molecule has 1 saturated heterocycles. The average molecular weight is 403 g/mol. The quantitative estimate of drug-likeness (QED) is 0.426. The minimum atomic E-state index is -1.47. The molecule has 3 aromatic rings. The zero-order valence-electron chi connectivity index (χ0n) is 15.2. The summed E-state index contributed by atoms with van der Waals surface area (Å²) in [5.41, 5.74) is 6.53. The number of aromatic nitrogens is 6. The number of imidazole rings is 1. The maximum atomic E-state index is 12.3. The lowest BCUT2D eigenvalue weighted by molar-refractivity contribution is -0.130. The number of carbonyl (C=O) groups excluding carboxylic acids is 2. The Kier molecular flexibility index (Phi) is 4.70. The monoisotopic (exact) mass is 403 g/mol. The molecule has 0 aliphatic carbocycles. The molecule has 0 saturated carbocycles. The van der Waals surface area contributed by atoms with Crippen molar-refractivity contribution in [3.05, 3.63) is 24.3 Å². The average Bonchev–Trinajstić information content (AvgIpc) is 3.41. The molecule has 4 heterocycles. The van der Waals surface area contributed by atoms with Gasteiger partial charge in [0.25, 0.3) is 5.95 Å². The fraction of sp³-hybridized carbons (Fsp3) is 0.375. The molecule has 13 nitrogen and oxygen atoms in total. The predicted octanol–water partition coefficient (Wildman–Crippen LogP) is -1.41. The molecule has 0 aromatic carbocycles. The van der Waals surface area contributed by atoms with E-state index in [4.69, 9.17) is 15.2 Å². The highest BCUT2D eigenvalue weighted by Gasteiger charge is 2.43. The predicted molar refractivity (Wildman–Crippen MR) is 94.8 cm³/mol. The Morgan fingerprint density at radius 1 is 1.41 bits per heavy atom. The maximum Gasteiger partial charge on any atom is 0.341 e. The number of nitrogens with two attached hydrogens (primary N) is 1. The fourth-order valence-electron chi connectivity index (χ4n) is 2.93. The number of ketones is 1. The fourth-order valence-corrected chi connectivity index (χ4v) is 2.93. The Hall–Kier alpha value is -3.42. The van der Waals surface area contributed by atoms with E-state index in [0.717, 1.165) is 0 Å². The van der Waals surface area contributed by atoms with E-state index in [9.17, 15) is 19.8 Å². The second-order valence-electron chi connectivity index (χ2n) is 6.18. The molecular weight excluding hydrogens is 386 g/mol. The maximum absolute atomic E-state index is 12.3. The normalized spacial score (nSPS) is 21.8. The van der Waals surface area contributed by atoms with Crippen molar-refractivity contribution in [1.82, 2.24) is 29.3 Å². The zero-order chi connectivity index (χ0) is 20.7. The van der Waals surface area contributed by atoms with Gasteiger partial charge in [0.2, 0.25) is 5.78 Å². The zero-order valence-corrected chi connectivity index (χ0v) is 15.2. The summed E-state index contributed by atoms with van der Waals surface area (Å²) >= 11 is 0. The van der Waals surface area contributed by atoms with E-state index >= 15 is 0 Å². The summed E-state index contributed by atoms with van der Waals surface area (Å²) in [6.07, 6.45) is 0.192. The van der Waals surface area contributed by atoms with Crippen LogP contribution in [-0.4, -0.2) is 76.7 Å². The van der Waals surface area contributed by atoms with Gasteiger partial charge in [-0.3, -0.25) is 9.36 Å². The van der Waals surface area contributed by atoms with Gasteiger partial charge in [0.05, 0.1) is 31.3 Å². The highest BCUT2D eigenvalue weighted by atomic mass is 16.6. The largest absolute Gasteiger partial charge is 0.462 e. The van der Waals surface area contributed by atoms with Gasteiger partial charge in [0.1, 0.15) is 17.7 Å². The number of anilines is 1. The summed E-state index contributed by atoms with van der Waals surface area (Å²) in [6.45, 7) is 1.38. The molecular formula is C16H17N7O6. The first-order chi connectivity index (χ1) is 13.9. The third-order valence-electron chi connectivity index (χ3n) is 4.36. The Morgan fingerprint density at radius 3 is 2.90 bits per heavy atom. The van der Waals surface area contributed by atoms with Gasteiger partial charge < -0.3 is 25.4 Å². The topological polar surface area (TPSA) is 180 Å². The van der Waals surface area contributed by atoms with Crippen LogP contribution in [0.1, 0.15) is 23.5 Å². The molecule has 0 spiro atoms. The van der Waals surface area contributed by atoms with Crippen molar-refractivity contribution in [2.24, 2.45) is 0 Å². The SMILES string of the molecule is CCOC(=O)c1cnn(-c2nc(N)c3ncn(C4OC(CO)C(O)C4=O)c3n2)c1. The number of rotatable bonds is 5. The number of Topliss-reactive ketones (excluding diaryl/α,β-unsaturated/α-hetero) is 1. The first kappa shape index (κ1) is 18.9. The lowest BCUT2D eigenvalue weighted by Crippen LogP contribution is -2.29. The molecule has 152 valence electrons. The molecule has 3 unspecified atom stereocenters. The Labute approximate surface area is 162 Å². The molecule has 4 rings (SSSR count). The van der Waals surface area contributed by atoms with E-state index in [0.29, 0.717) is 0 Å². The second-order valence-corrected chi connectivity index (χ2v) is 6.18. The molecule has 0 amide bonds. The van der Waals surface area contributed by atoms with Crippen LogP contribution >= 0.6 is 0 Å². The van der Waals surface area contributed by atoms with Gasteiger partial charge in [0.15, 0.2) is 17.7 Å². The molecule has 3 atom stereocenters. The number of nitrogen functional groups attached to an aromatic ring is 1. The summed E-state index contributed by atoms with van der Waals surface area (Å²) in [5.74, 6) is -1.16. The number of ether oxygens (including phenoxy) is 2. The molecule has 29 heavy (non-hydrogen) atoms. The Morgan fingerprint density at radius 2 is 2.21 bits per heavy atom. The Bertz CT molecular complexity index is 1090. The smallest absolute Gasteiger partial charge is 0.341 e. The van der Waals surface area contributed by atoms with Crippen molar-refractivity contribution in [2.75, 3.05) is 18.9 Å². The van der Waals surface area contributed by atoms with E-state index in [-0.39, 0.29) is 35.1 Å². The highest BCUT2D eigenvalue weighted by Crippen LogP contribution is 2.29. The highest BCUT2D eigenvalue weighted by molar-refractivity contribution is 5.90. The van der Waals surface area contributed by atoms with Gasteiger partial charge in [0, 0.05) is 6.20 Å². The third-order valence-corrected chi connectivity index (χ3v) is 4.36. The summed E-state index contributed by atoms with van der Waals surface area (Å²) in [4.78, 5) is 36.7. The van der Waals surface area contributed by atoms with Crippen molar-refractivity contribution in [3.8, 4) is 5.95 Å². The van der Waals surface area contributed by atoms with Crippen LogP contribution in [0, 0.1) is 0 Å². The van der Waals surface area contributed by atoms with Crippen LogP contribution in [0.5, 0.6) is 0 Å². The van der Waals surface area contributed by atoms with Crippen LogP contribution in [-0.2, 0) is 14.3 Å². The minimum absolute atomic E-state index is 0.0154. The molecule has 1 aliphatic heterocycles. The lowest BCUT2D eigenvalue weighted by Gasteiger charge is -2.12. The molecule has 0 bridgehead atoms. The van der Waals surface area contributed by atoms with Gasteiger partial charge >= 0.3 is 5.97 Å². The van der Waals surface area contributed by atoms with E-state index in [2.05, 4.69) is 20.1 Å². The Balaban J connectivity index is 1.75. The van der Waals surface area contributed by atoms with Crippen LogP contribution in [0.25, 0.3) is 17.1 Å². The first-order valence-corrected chi connectivity index (χ1v) is 8.65. The van der Waals surface area contributed by atoms with Crippen LogP contribution in [0.2, 0.25) is 0 Å². The standard InChI is InChI=1S/C16H17N7O6/c1-2-28-15(27)7-3-19-23(4-7)16-20-12(17)9-13(21-16)22(6-18-9)14-11(26)10(25)8(5-24)29-14/h3-4,6,8,10,14,24-25H,2,5H2,1H3,(H2,17,20,21).